The maximum Gasteiger partial charge on any atom is 0.229 e. The first-order valence-electron chi connectivity index (χ1n) is 5.48. The monoisotopic (exact) mass is 344 g/mol. The Hall–Kier alpha value is -1.11. The zero-order chi connectivity index (χ0) is 12.3. The Morgan fingerprint density at radius 2 is 2.29 bits per heavy atom. The third-order valence-corrected chi connectivity index (χ3v) is 3.40. The summed E-state index contributed by atoms with van der Waals surface area (Å²) in [4.78, 5) is 22.9. The summed E-state index contributed by atoms with van der Waals surface area (Å²) < 4.78 is 1.08. The topological polar surface area (TPSA) is 58.2 Å². The lowest BCUT2D eigenvalue weighted by Gasteiger charge is -2.21. The number of hydrogen-bond donors (Lipinski definition) is 2. The number of halogens is 1. The molecule has 0 aliphatic carbocycles. The fraction of sp³-hybridized carbons (Fsp3) is 0.333. The van der Waals surface area contributed by atoms with Gasteiger partial charge in [-0.1, -0.05) is 6.07 Å². The van der Waals surface area contributed by atoms with Gasteiger partial charge >= 0.3 is 0 Å². The lowest BCUT2D eigenvalue weighted by Crippen LogP contribution is -2.40. The zero-order valence-electron chi connectivity index (χ0n) is 9.20. The Bertz CT molecular complexity index is 438. The van der Waals surface area contributed by atoms with Gasteiger partial charge in [0.1, 0.15) is 0 Å². The van der Waals surface area contributed by atoms with Gasteiger partial charge in [-0.2, -0.15) is 0 Å². The number of benzene rings is 1. The van der Waals surface area contributed by atoms with Crippen LogP contribution in [0.4, 0.5) is 5.69 Å². The van der Waals surface area contributed by atoms with Crippen molar-refractivity contribution in [1.29, 1.82) is 0 Å². The van der Waals surface area contributed by atoms with Crippen molar-refractivity contribution in [3.05, 3.63) is 27.8 Å². The Balaban J connectivity index is 1.95. The van der Waals surface area contributed by atoms with E-state index >= 15 is 0 Å². The molecule has 5 heteroatoms. The van der Waals surface area contributed by atoms with E-state index in [0.717, 1.165) is 9.26 Å². The van der Waals surface area contributed by atoms with Gasteiger partial charge in [0.15, 0.2) is 0 Å². The maximum atomic E-state index is 11.9. The van der Waals surface area contributed by atoms with E-state index in [1.807, 2.05) is 24.3 Å². The number of piperidine rings is 1. The van der Waals surface area contributed by atoms with E-state index in [2.05, 4.69) is 33.2 Å². The van der Waals surface area contributed by atoms with Gasteiger partial charge in [-0.15, -0.1) is 0 Å². The molecule has 1 aromatic carbocycles. The molecule has 0 saturated carbocycles. The van der Waals surface area contributed by atoms with Crippen LogP contribution in [0.2, 0.25) is 0 Å². The van der Waals surface area contributed by atoms with Gasteiger partial charge in [0.2, 0.25) is 11.8 Å². The number of rotatable bonds is 2. The Morgan fingerprint density at radius 3 is 2.94 bits per heavy atom. The zero-order valence-corrected chi connectivity index (χ0v) is 11.4. The molecule has 1 atom stereocenters. The van der Waals surface area contributed by atoms with Gasteiger partial charge in [-0.25, -0.2) is 0 Å². The van der Waals surface area contributed by atoms with Gasteiger partial charge in [-0.05, 0) is 47.2 Å². The molecule has 4 nitrogen and oxygen atoms in total. The second-order valence-electron chi connectivity index (χ2n) is 4.04. The minimum absolute atomic E-state index is 0.0213. The molecule has 2 N–H and O–H groups in total. The molecule has 1 saturated heterocycles. The number of amides is 2. The summed E-state index contributed by atoms with van der Waals surface area (Å²) in [6, 6.07) is 7.65. The van der Waals surface area contributed by atoms with E-state index in [1.165, 1.54) is 0 Å². The molecule has 0 aromatic heterocycles. The number of anilines is 1. The molecule has 2 rings (SSSR count). The third-order valence-electron chi connectivity index (χ3n) is 2.73. The molecule has 0 bridgehead atoms. The second-order valence-corrected chi connectivity index (χ2v) is 5.28. The van der Waals surface area contributed by atoms with E-state index in [4.69, 9.17) is 0 Å². The van der Waals surface area contributed by atoms with E-state index in [0.29, 0.717) is 19.4 Å². The molecule has 0 radical (unpaired) electrons. The highest BCUT2D eigenvalue weighted by atomic mass is 127. The second kappa shape index (κ2) is 5.48. The van der Waals surface area contributed by atoms with Crippen LogP contribution in [-0.4, -0.2) is 18.4 Å². The van der Waals surface area contributed by atoms with Crippen LogP contribution < -0.4 is 10.6 Å². The molecule has 0 spiro atoms. The molecular weight excluding hydrogens is 331 g/mol. The van der Waals surface area contributed by atoms with E-state index in [1.54, 1.807) is 0 Å². The van der Waals surface area contributed by atoms with Crippen LogP contribution in [0.3, 0.4) is 0 Å². The Kier molecular flexibility index (Phi) is 3.98. The van der Waals surface area contributed by atoms with Crippen molar-refractivity contribution >= 4 is 40.1 Å². The van der Waals surface area contributed by atoms with Crippen molar-refractivity contribution < 1.29 is 9.59 Å². The first-order chi connectivity index (χ1) is 8.15. The molecular formula is C12H13IN2O2. The van der Waals surface area contributed by atoms with Crippen molar-refractivity contribution in [3.63, 3.8) is 0 Å². The largest absolute Gasteiger partial charge is 0.355 e. The molecule has 90 valence electrons. The van der Waals surface area contributed by atoms with Crippen LogP contribution in [0.15, 0.2) is 24.3 Å². The number of carbonyl (C=O) groups is 2. The summed E-state index contributed by atoms with van der Waals surface area (Å²) in [6.45, 7) is 0.439. The Labute approximate surface area is 113 Å². The minimum atomic E-state index is -0.120. The molecule has 1 heterocycles. The summed E-state index contributed by atoms with van der Waals surface area (Å²) in [7, 11) is 0. The van der Waals surface area contributed by atoms with Gasteiger partial charge in [-0.3, -0.25) is 9.59 Å². The fourth-order valence-corrected chi connectivity index (χ4v) is 2.31. The van der Waals surface area contributed by atoms with Crippen LogP contribution in [-0.2, 0) is 9.59 Å². The molecule has 1 fully saturated rings. The number of nitrogens with one attached hydrogen (secondary N) is 2. The van der Waals surface area contributed by atoms with Crippen LogP contribution >= 0.6 is 22.6 Å². The van der Waals surface area contributed by atoms with Gasteiger partial charge in [0.25, 0.3) is 0 Å². The van der Waals surface area contributed by atoms with Crippen molar-refractivity contribution in [2.45, 2.75) is 12.8 Å². The smallest absolute Gasteiger partial charge is 0.229 e. The summed E-state index contributed by atoms with van der Waals surface area (Å²) in [5, 5.41) is 5.58. The summed E-state index contributed by atoms with van der Waals surface area (Å²) in [6.07, 6.45) is 1.06. The normalized spacial score (nSPS) is 19.6. The van der Waals surface area contributed by atoms with Crippen molar-refractivity contribution in [3.8, 4) is 0 Å². The predicted octanol–water partition coefficient (Wildman–Crippen LogP) is 1.76. The Morgan fingerprint density at radius 1 is 1.47 bits per heavy atom. The third kappa shape index (κ3) is 3.42. The molecule has 1 aliphatic rings. The van der Waals surface area contributed by atoms with Crippen LogP contribution in [0.1, 0.15) is 12.8 Å². The van der Waals surface area contributed by atoms with Crippen LogP contribution in [0, 0.1) is 9.49 Å². The van der Waals surface area contributed by atoms with Crippen LogP contribution in [0.25, 0.3) is 0 Å². The van der Waals surface area contributed by atoms with Gasteiger partial charge in [0, 0.05) is 22.2 Å². The standard InChI is InChI=1S/C12H13IN2O2/c13-9-2-1-3-10(6-9)15-12(17)8-4-5-11(16)14-7-8/h1-3,6,8H,4-5,7H2,(H,14,16)(H,15,17). The quantitative estimate of drug-likeness (QED) is 0.804. The first-order valence-corrected chi connectivity index (χ1v) is 6.56. The molecule has 2 amide bonds. The molecule has 1 unspecified atom stereocenters. The summed E-state index contributed by atoms with van der Waals surface area (Å²) in [5.74, 6) is -0.110. The SMILES string of the molecule is O=C1CCC(C(=O)Nc2cccc(I)c2)CN1. The van der Waals surface area contributed by atoms with E-state index in [-0.39, 0.29) is 17.7 Å². The van der Waals surface area contributed by atoms with Gasteiger partial charge < -0.3 is 10.6 Å². The molecule has 1 aliphatic heterocycles. The summed E-state index contributed by atoms with van der Waals surface area (Å²) in [5.41, 5.74) is 0.804. The average Bonchev–Trinajstić information content (AvgIpc) is 2.29. The van der Waals surface area contributed by atoms with E-state index in [9.17, 15) is 9.59 Å². The minimum Gasteiger partial charge on any atom is -0.355 e. The van der Waals surface area contributed by atoms with Gasteiger partial charge in [0.05, 0.1) is 5.92 Å². The highest BCUT2D eigenvalue weighted by molar-refractivity contribution is 14.1. The first kappa shape index (κ1) is 12.3. The highest BCUT2D eigenvalue weighted by Gasteiger charge is 2.24. The van der Waals surface area contributed by atoms with Crippen molar-refractivity contribution in [1.82, 2.24) is 5.32 Å². The van der Waals surface area contributed by atoms with Crippen molar-refractivity contribution in [2.75, 3.05) is 11.9 Å². The average molecular weight is 344 g/mol. The lowest BCUT2D eigenvalue weighted by atomic mass is 9.98. The summed E-state index contributed by atoms with van der Waals surface area (Å²) >= 11 is 2.20. The lowest BCUT2D eigenvalue weighted by molar-refractivity contribution is -0.126. The predicted molar refractivity (Wildman–Crippen MR) is 73.5 cm³/mol. The van der Waals surface area contributed by atoms with Crippen LogP contribution in [0.5, 0.6) is 0 Å². The van der Waals surface area contributed by atoms with E-state index < -0.39 is 0 Å². The fourth-order valence-electron chi connectivity index (χ4n) is 1.77. The highest BCUT2D eigenvalue weighted by Crippen LogP contribution is 2.16. The van der Waals surface area contributed by atoms with Crippen molar-refractivity contribution in [2.24, 2.45) is 5.92 Å². The maximum absolute atomic E-state index is 11.9. The molecule has 1 aromatic rings. The number of hydrogen-bond acceptors (Lipinski definition) is 2. The number of carbonyl (C=O) groups excluding carboxylic acids is 2. The molecule has 17 heavy (non-hydrogen) atoms.